The lowest BCUT2D eigenvalue weighted by atomic mass is 9.93. The predicted octanol–water partition coefficient (Wildman–Crippen LogP) is 1.25. The Hall–Kier alpha value is -1.42. The van der Waals surface area contributed by atoms with Crippen molar-refractivity contribution >= 4 is 10.0 Å². The van der Waals surface area contributed by atoms with Crippen LogP contribution in [0.2, 0.25) is 0 Å². The fourth-order valence-corrected chi connectivity index (χ4v) is 3.98. The number of nitrogens with two attached hydrogens (primary N) is 1. The summed E-state index contributed by atoms with van der Waals surface area (Å²) in [5.41, 5.74) is 6.75. The quantitative estimate of drug-likeness (QED) is 0.873. The van der Waals surface area contributed by atoms with Gasteiger partial charge in [-0.2, -0.15) is 5.26 Å². The van der Waals surface area contributed by atoms with Crippen LogP contribution in [-0.2, 0) is 15.8 Å². The third kappa shape index (κ3) is 4.04. The van der Waals surface area contributed by atoms with Crippen LogP contribution in [0, 0.1) is 11.3 Å². The Bertz CT molecular complexity index is 599. The van der Waals surface area contributed by atoms with Crippen molar-refractivity contribution in [1.29, 1.82) is 5.26 Å². The van der Waals surface area contributed by atoms with E-state index in [9.17, 15) is 8.42 Å². The smallest absolute Gasteiger partial charge is 0.216 e. The SMILES string of the molecule is N#Cc1ccccc1CS(=O)(=O)NC1CCC(N)CC1. The Morgan fingerprint density at radius 1 is 1.25 bits per heavy atom. The highest BCUT2D eigenvalue weighted by molar-refractivity contribution is 7.88. The summed E-state index contributed by atoms with van der Waals surface area (Å²) in [6.45, 7) is 0. The molecule has 1 aliphatic carbocycles. The van der Waals surface area contributed by atoms with Gasteiger partial charge in [-0.1, -0.05) is 18.2 Å². The lowest BCUT2D eigenvalue weighted by molar-refractivity contribution is 0.373. The second kappa shape index (κ2) is 6.35. The molecule has 1 aromatic carbocycles. The van der Waals surface area contributed by atoms with E-state index < -0.39 is 10.0 Å². The molecule has 108 valence electrons. The van der Waals surface area contributed by atoms with Gasteiger partial charge in [0.05, 0.1) is 17.4 Å². The first-order valence-corrected chi connectivity index (χ1v) is 8.39. The Kier molecular flexibility index (Phi) is 4.76. The maximum Gasteiger partial charge on any atom is 0.216 e. The molecule has 2 rings (SSSR count). The zero-order valence-electron chi connectivity index (χ0n) is 11.2. The minimum absolute atomic E-state index is 0.0333. The molecule has 3 N–H and O–H groups in total. The van der Waals surface area contributed by atoms with Crippen LogP contribution in [-0.4, -0.2) is 20.5 Å². The second-order valence-corrected chi connectivity index (χ2v) is 7.01. The van der Waals surface area contributed by atoms with Crippen LogP contribution in [0.4, 0.5) is 0 Å². The van der Waals surface area contributed by atoms with Crippen LogP contribution in [0.5, 0.6) is 0 Å². The molecule has 0 atom stereocenters. The zero-order valence-corrected chi connectivity index (χ0v) is 12.1. The summed E-state index contributed by atoms with van der Waals surface area (Å²) in [4.78, 5) is 0. The van der Waals surface area contributed by atoms with E-state index in [1.807, 2.05) is 6.07 Å². The van der Waals surface area contributed by atoms with Gasteiger partial charge in [-0.25, -0.2) is 13.1 Å². The molecule has 0 unspecified atom stereocenters. The Morgan fingerprint density at radius 3 is 2.55 bits per heavy atom. The molecule has 0 saturated heterocycles. The van der Waals surface area contributed by atoms with E-state index in [4.69, 9.17) is 11.0 Å². The summed E-state index contributed by atoms with van der Waals surface area (Å²) in [5, 5.41) is 8.99. The highest BCUT2D eigenvalue weighted by atomic mass is 32.2. The molecule has 1 aliphatic rings. The molecule has 0 spiro atoms. The molecule has 6 heteroatoms. The van der Waals surface area contributed by atoms with Gasteiger partial charge in [0.2, 0.25) is 10.0 Å². The number of benzene rings is 1. The summed E-state index contributed by atoms with van der Waals surface area (Å²) in [7, 11) is -3.43. The van der Waals surface area contributed by atoms with Crippen molar-refractivity contribution in [2.75, 3.05) is 0 Å². The fraction of sp³-hybridized carbons (Fsp3) is 0.500. The Balaban J connectivity index is 2.03. The molecule has 1 aromatic rings. The third-order valence-electron chi connectivity index (χ3n) is 3.60. The van der Waals surface area contributed by atoms with Crippen molar-refractivity contribution in [2.24, 2.45) is 5.73 Å². The van der Waals surface area contributed by atoms with Crippen molar-refractivity contribution in [2.45, 2.75) is 43.5 Å². The van der Waals surface area contributed by atoms with Gasteiger partial charge in [0.15, 0.2) is 0 Å². The fourth-order valence-electron chi connectivity index (χ4n) is 2.49. The van der Waals surface area contributed by atoms with E-state index in [0.29, 0.717) is 11.1 Å². The lowest BCUT2D eigenvalue weighted by Gasteiger charge is -2.26. The minimum atomic E-state index is -3.43. The summed E-state index contributed by atoms with van der Waals surface area (Å²) in [6.07, 6.45) is 3.25. The number of nitriles is 1. The minimum Gasteiger partial charge on any atom is -0.328 e. The Labute approximate surface area is 119 Å². The zero-order chi connectivity index (χ0) is 14.6. The van der Waals surface area contributed by atoms with Gasteiger partial charge in [-0.05, 0) is 37.3 Å². The van der Waals surface area contributed by atoms with Gasteiger partial charge in [0, 0.05) is 12.1 Å². The average molecular weight is 293 g/mol. The maximum absolute atomic E-state index is 12.2. The van der Waals surface area contributed by atoms with Crippen LogP contribution >= 0.6 is 0 Å². The lowest BCUT2D eigenvalue weighted by Crippen LogP contribution is -2.40. The molecule has 0 heterocycles. The van der Waals surface area contributed by atoms with Crippen LogP contribution < -0.4 is 10.5 Å². The van der Waals surface area contributed by atoms with Crippen LogP contribution in [0.1, 0.15) is 36.8 Å². The Morgan fingerprint density at radius 2 is 1.90 bits per heavy atom. The van der Waals surface area contributed by atoms with Gasteiger partial charge in [-0.15, -0.1) is 0 Å². The predicted molar refractivity (Wildman–Crippen MR) is 77.1 cm³/mol. The summed E-state index contributed by atoms with van der Waals surface area (Å²) >= 11 is 0. The van der Waals surface area contributed by atoms with E-state index in [1.165, 1.54) is 0 Å². The number of hydrogen-bond acceptors (Lipinski definition) is 4. The average Bonchev–Trinajstić information content (AvgIpc) is 2.41. The van der Waals surface area contributed by atoms with E-state index in [1.54, 1.807) is 24.3 Å². The van der Waals surface area contributed by atoms with Crippen LogP contribution in [0.25, 0.3) is 0 Å². The van der Waals surface area contributed by atoms with Crippen LogP contribution in [0.3, 0.4) is 0 Å². The van der Waals surface area contributed by atoms with Crippen molar-refractivity contribution in [1.82, 2.24) is 4.72 Å². The molecule has 5 nitrogen and oxygen atoms in total. The molecular weight excluding hydrogens is 274 g/mol. The number of nitrogens with zero attached hydrogens (tertiary/aromatic N) is 1. The molecule has 0 amide bonds. The first-order chi connectivity index (χ1) is 9.50. The number of sulfonamides is 1. The molecule has 0 radical (unpaired) electrons. The molecule has 1 saturated carbocycles. The second-order valence-electron chi connectivity index (χ2n) is 5.26. The summed E-state index contributed by atoms with van der Waals surface area (Å²) < 4.78 is 27.1. The maximum atomic E-state index is 12.2. The largest absolute Gasteiger partial charge is 0.328 e. The van der Waals surface area contributed by atoms with Gasteiger partial charge in [0.1, 0.15) is 0 Å². The van der Waals surface area contributed by atoms with Gasteiger partial charge < -0.3 is 5.73 Å². The van der Waals surface area contributed by atoms with Crippen molar-refractivity contribution < 1.29 is 8.42 Å². The van der Waals surface area contributed by atoms with Gasteiger partial charge in [0.25, 0.3) is 0 Å². The molecule has 0 bridgehead atoms. The molecule has 1 fully saturated rings. The van der Waals surface area contributed by atoms with Gasteiger partial charge >= 0.3 is 0 Å². The normalized spacial score (nSPS) is 23.2. The standard InChI is InChI=1S/C14H19N3O2S/c15-9-11-3-1-2-4-12(11)10-20(18,19)17-14-7-5-13(16)6-8-14/h1-4,13-14,17H,5-8,10,16H2. The molecule has 0 aliphatic heterocycles. The topological polar surface area (TPSA) is 96.0 Å². The van der Waals surface area contributed by atoms with E-state index in [-0.39, 0.29) is 17.8 Å². The van der Waals surface area contributed by atoms with Crippen molar-refractivity contribution in [3.8, 4) is 6.07 Å². The highest BCUT2D eigenvalue weighted by Crippen LogP contribution is 2.19. The summed E-state index contributed by atoms with van der Waals surface area (Å²) in [6, 6.07) is 8.95. The van der Waals surface area contributed by atoms with Crippen molar-refractivity contribution in [3.63, 3.8) is 0 Å². The summed E-state index contributed by atoms with van der Waals surface area (Å²) in [5.74, 6) is -0.153. The number of rotatable bonds is 4. The third-order valence-corrected chi connectivity index (χ3v) is 4.98. The highest BCUT2D eigenvalue weighted by Gasteiger charge is 2.23. The van der Waals surface area contributed by atoms with Crippen molar-refractivity contribution in [3.05, 3.63) is 35.4 Å². The van der Waals surface area contributed by atoms with E-state index >= 15 is 0 Å². The molecule has 0 aromatic heterocycles. The first-order valence-electron chi connectivity index (χ1n) is 6.74. The van der Waals surface area contributed by atoms with Crippen LogP contribution in [0.15, 0.2) is 24.3 Å². The van der Waals surface area contributed by atoms with E-state index in [2.05, 4.69) is 4.72 Å². The molecule has 20 heavy (non-hydrogen) atoms. The van der Waals surface area contributed by atoms with E-state index in [0.717, 1.165) is 25.7 Å². The monoisotopic (exact) mass is 293 g/mol. The molecular formula is C14H19N3O2S. The number of hydrogen-bond donors (Lipinski definition) is 2. The number of nitrogens with one attached hydrogen (secondary N) is 1. The van der Waals surface area contributed by atoms with Gasteiger partial charge in [-0.3, -0.25) is 0 Å². The first kappa shape index (κ1) is 15.0.